The molecule has 5 rings (SSSR count). The Morgan fingerprint density at radius 1 is 1.14 bits per heavy atom. The molecular weight excluding hydrogens is 384 g/mol. The van der Waals surface area contributed by atoms with Gasteiger partial charge in [0.2, 0.25) is 0 Å². The first-order valence-corrected chi connectivity index (χ1v) is 11.9. The quantitative estimate of drug-likeness (QED) is 0.462. The molecule has 4 nitrogen and oxygen atoms in total. The number of ketones is 1. The molecule has 4 aliphatic carbocycles. The van der Waals surface area contributed by atoms with Crippen LogP contribution in [-0.4, -0.2) is 27.7 Å². The van der Waals surface area contributed by atoms with Crippen molar-refractivity contribution in [3.63, 3.8) is 0 Å². The van der Waals surface area contributed by atoms with E-state index in [1.165, 1.54) is 17.3 Å². The Kier molecular flexibility index (Phi) is 4.27. The highest BCUT2D eigenvalue weighted by atomic mass is 32.2. The molecule has 0 aromatic carbocycles. The van der Waals surface area contributed by atoms with Crippen molar-refractivity contribution in [1.82, 2.24) is 0 Å². The Labute approximate surface area is 176 Å². The van der Waals surface area contributed by atoms with Gasteiger partial charge in [0.25, 0.3) is 0 Å². The van der Waals surface area contributed by atoms with E-state index in [2.05, 4.69) is 26.0 Å². The van der Waals surface area contributed by atoms with Gasteiger partial charge in [-0.25, -0.2) is 0 Å². The monoisotopic (exact) mass is 414 g/mol. The van der Waals surface area contributed by atoms with E-state index < -0.39 is 0 Å². The average molecular weight is 415 g/mol. The average Bonchev–Trinajstić information content (AvgIpc) is 3.17. The number of esters is 1. The molecule has 0 bridgehead atoms. The molecule has 29 heavy (non-hydrogen) atoms. The molecular formula is C24H30O4S. The lowest BCUT2D eigenvalue weighted by molar-refractivity contribution is -0.166. The van der Waals surface area contributed by atoms with E-state index in [4.69, 9.17) is 4.74 Å². The second-order valence-electron chi connectivity index (χ2n) is 10.3. The van der Waals surface area contributed by atoms with Gasteiger partial charge >= 0.3 is 5.97 Å². The minimum Gasteiger partial charge on any atom is -0.458 e. The van der Waals surface area contributed by atoms with Gasteiger partial charge < -0.3 is 4.74 Å². The minimum absolute atomic E-state index is 0.0220. The van der Waals surface area contributed by atoms with Gasteiger partial charge in [0, 0.05) is 35.8 Å². The summed E-state index contributed by atoms with van der Waals surface area (Å²) in [5.41, 5.74) is 0.768. The van der Waals surface area contributed by atoms with Crippen LogP contribution >= 0.6 is 11.8 Å². The highest BCUT2D eigenvalue weighted by Gasteiger charge is 2.67. The van der Waals surface area contributed by atoms with Crippen LogP contribution in [0.2, 0.25) is 0 Å². The number of allylic oxidation sites excluding steroid dienone is 3. The van der Waals surface area contributed by atoms with Crippen molar-refractivity contribution >= 4 is 28.6 Å². The largest absolute Gasteiger partial charge is 0.458 e. The van der Waals surface area contributed by atoms with Gasteiger partial charge in [0.15, 0.2) is 10.9 Å². The highest BCUT2D eigenvalue weighted by Crippen LogP contribution is 2.69. The van der Waals surface area contributed by atoms with Crippen molar-refractivity contribution in [2.24, 2.45) is 28.6 Å². The molecule has 3 fully saturated rings. The first-order chi connectivity index (χ1) is 13.7. The van der Waals surface area contributed by atoms with Crippen LogP contribution in [0.4, 0.5) is 0 Å². The van der Waals surface area contributed by atoms with Gasteiger partial charge in [-0.05, 0) is 55.9 Å². The van der Waals surface area contributed by atoms with E-state index in [-0.39, 0.29) is 38.5 Å². The molecule has 7 atom stereocenters. The summed E-state index contributed by atoms with van der Waals surface area (Å²) in [5.74, 6) is 1.35. The summed E-state index contributed by atoms with van der Waals surface area (Å²) in [6.45, 7) is 6.28. The van der Waals surface area contributed by atoms with E-state index >= 15 is 0 Å². The lowest BCUT2D eigenvalue weighted by Gasteiger charge is -2.59. The number of fused-ring (bicyclic) bond motifs is 6. The Bertz CT molecular complexity index is 859. The maximum absolute atomic E-state index is 12.1. The maximum atomic E-state index is 12.1. The number of rotatable bonds is 1. The van der Waals surface area contributed by atoms with Gasteiger partial charge in [-0.1, -0.05) is 43.3 Å². The third-order valence-corrected chi connectivity index (χ3v) is 10.2. The Morgan fingerprint density at radius 3 is 2.59 bits per heavy atom. The SMILES string of the molecule is CC(=O)S[C@@H]1C=C2CC(=O)C=C[C@]2(C)C2CC[C@@]3(C)C(CCC34CCC(=O)O4)C21. The summed E-state index contributed by atoms with van der Waals surface area (Å²) < 4.78 is 6.04. The van der Waals surface area contributed by atoms with E-state index in [1.54, 1.807) is 13.0 Å². The van der Waals surface area contributed by atoms with Crippen molar-refractivity contribution in [2.45, 2.75) is 76.6 Å². The van der Waals surface area contributed by atoms with E-state index in [0.717, 1.165) is 32.1 Å². The predicted octanol–water partition coefficient (Wildman–Crippen LogP) is 4.63. The number of thioether (sulfide) groups is 1. The molecule has 0 N–H and O–H groups in total. The second kappa shape index (κ2) is 6.32. The smallest absolute Gasteiger partial charge is 0.306 e. The summed E-state index contributed by atoms with van der Waals surface area (Å²) in [5, 5.41) is 0.246. The van der Waals surface area contributed by atoms with Gasteiger partial charge in [-0.3, -0.25) is 14.4 Å². The van der Waals surface area contributed by atoms with Gasteiger partial charge in [-0.15, -0.1) is 0 Å². The number of hydrogen-bond donors (Lipinski definition) is 0. The Hall–Kier alpha value is -1.36. The fourth-order valence-electron chi connectivity index (χ4n) is 7.67. The van der Waals surface area contributed by atoms with Crippen LogP contribution in [0.15, 0.2) is 23.8 Å². The molecule has 0 aromatic heterocycles. The van der Waals surface area contributed by atoms with E-state index in [9.17, 15) is 14.4 Å². The summed E-state index contributed by atoms with van der Waals surface area (Å²) in [7, 11) is 0. The summed E-state index contributed by atoms with van der Waals surface area (Å²) in [6.07, 6.45) is 12.1. The molecule has 1 heterocycles. The minimum atomic E-state index is -0.311. The van der Waals surface area contributed by atoms with Crippen LogP contribution in [0, 0.1) is 28.6 Å². The normalized spacial score (nSPS) is 48.0. The summed E-state index contributed by atoms with van der Waals surface area (Å²) in [4.78, 5) is 36.3. The number of carbonyl (C=O) groups excluding carboxylic acids is 3. The Balaban J connectivity index is 1.58. The van der Waals surface area contributed by atoms with Crippen molar-refractivity contribution in [2.75, 3.05) is 0 Å². The topological polar surface area (TPSA) is 60.4 Å². The van der Waals surface area contributed by atoms with Crippen molar-refractivity contribution in [3.05, 3.63) is 23.8 Å². The summed E-state index contributed by atoms with van der Waals surface area (Å²) in [6, 6.07) is 0. The molecule has 1 spiro atoms. The predicted molar refractivity (Wildman–Crippen MR) is 112 cm³/mol. The second-order valence-corrected chi connectivity index (χ2v) is 11.6. The molecule has 156 valence electrons. The maximum Gasteiger partial charge on any atom is 0.306 e. The summed E-state index contributed by atoms with van der Waals surface area (Å²) >= 11 is 1.44. The molecule has 0 aromatic rings. The zero-order valence-corrected chi connectivity index (χ0v) is 18.3. The van der Waals surface area contributed by atoms with E-state index in [1.807, 2.05) is 0 Å². The molecule has 0 amide bonds. The fraction of sp³-hybridized carbons (Fsp3) is 0.708. The van der Waals surface area contributed by atoms with Crippen LogP contribution in [0.25, 0.3) is 0 Å². The van der Waals surface area contributed by atoms with Gasteiger partial charge in [0.05, 0.1) is 0 Å². The van der Waals surface area contributed by atoms with Crippen molar-refractivity contribution in [3.8, 4) is 0 Å². The highest BCUT2D eigenvalue weighted by molar-refractivity contribution is 8.14. The third kappa shape index (κ3) is 2.62. The van der Waals surface area contributed by atoms with Crippen LogP contribution in [0.3, 0.4) is 0 Å². The van der Waals surface area contributed by atoms with Crippen LogP contribution < -0.4 is 0 Å². The van der Waals surface area contributed by atoms with Crippen molar-refractivity contribution in [1.29, 1.82) is 0 Å². The molecule has 1 saturated heterocycles. The van der Waals surface area contributed by atoms with Crippen LogP contribution in [0.1, 0.15) is 65.7 Å². The molecule has 1 aliphatic heterocycles. The zero-order valence-electron chi connectivity index (χ0n) is 17.5. The van der Waals surface area contributed by atoms with E-state index in [0.29, 0.717) is 30.6 Å². The van der Waals surface area contributed by atoms with Crippen molar-refractivity contribution < 1.29 is 19.1 Å². The lowest BCUT2D eigenvalue weighted by Crippen LogP contribution is -2.56. The lowest BCUT2D eigenvalue weighted by atomic mass is 9.47. The Morgan fingerprint density at radius 2 is 1.90 bits per heavy atom. The number of carbonyl (C=O) groups is 3. The molecule has 2 saturated carbocycles. The number of ether oxygens (including phenoxy) is 1. The standard InChI is InChI=1S/C24H30O4S/c1-14(25)29-19-13-15-12-16(26)4-8-22(15,2)17-5-9-23(3)18(21(17)19)6-10-24(23)11-7-20(27)28-24/h4,8,13,17-19,21H,5-7,9-12H2,1-3H3/t17?,18?,19-,21?,22+,23+,24?/m1/s1. The molecule has 4 unspecified atom stereocenters. The van der Waals surface area contributed by atoms with Crippen LogP contribution in [-0.2, 0) is 19.1 Å². The first-order valence-electron chi connectivity index (χ1n) is 11.0. The molecule has 0 radical (unpaired) electrons. The zero-order chi connectivity index (χ0) is 20.6. The first kappa shape index (κ1) is 19.6. The third-order valence-electron chi connectivity index (χ3n) is 9.15. The van der Waals surface area contributed by atoms with Gasteiger partial charge in [0.1, 0.15) is 5.60 Å². The fourth-order valence-corrected chi connectivity index (χ4v) is 8.83. The number of hydrogen-bond acceptors (Lipinski definition) is 5. The van der Waals surface area contributed by atoms with Gasteiger partial charge in [-0.2, -0.15) is 0 Å². The van der Waals surface area contributed by atoms with Crippen LogP contribution in [0.5, 0.6) is 0 Å². The molecule has 5 aliphatic rings. The molecule has 5 heteroatoms.